The van der Waals surface area contributed by atoms with Crippen LogP contribution in [0.4, 0.5) is 13.2 Å². The number of benzene rings is 1. The van der Waals surface area contributed by atoms with E-state index in [1.54, 1.807) is 18.2 Å². The van der Waals surface area contributed by atoms with Crippen molar-refractivity contribution in [2.24, 2.45) is 7.05 Å². The first kappa shape index (κ1) is 15.0. The van der Waals surface area contributed by atoms with Crippen LogP contribution in [-0.4, -0.2) is 14.3 Å². The van der Waals surface area contributed by atoms with Crippen LogP contribution in [0.1, 0.15) is 11.1 Å². The molecule has 0 radical (unpaired) electrons. The second-order valence-electron chi connectivity index (χ2n) is 4.94. The Morgan fingerprint density at radius 3 is 2.68 bits per heavy atom. The highest BCUT2D eigenvalue weighted by Gasteiger charge is 2.34. The van der Waals surface area contributed by atoms with Gasteiger partial charge in [-0.2, -0.15) is 13.2 Å². The maximum absolute atomic E-state index is 13.0. The monoisotopic (exact) mass is 373 g/mol. The highest BCUT2D eigenvalue weighted by molar-refractivity contribution is 9.10. The summed E-state index contributed by atoms with van der Waals surface area (Å²) in [6.07, 6.45) is -2.20. The van der Waals surface area contributed by atoms with Crippen molar-refractivity contribution < 1.29 is 13.2 Å². The first-order valence-electron chi connectivity index (χ1n) is 6.37. The second kappa shape index (κ2) is 5.05. The molecule has 3 rings (SSSR count). The zero-order valence-electron chi connectivity index (χ0n) is 11.4. The third-order valence-electron chi connectivity index (χ3n) is 3.58. The molecule has 1 aromatic carbocycles. The van der Waals surface area contributed by atoms with E-state index in [-0.39, 0.29) is 17.7 Å². The zero-order valence-corrected chi connectivity index (χ0v) is 13.0. The molecule has 0 atom stereocenters. The van der Waals surface area contributed by atoms with Gasteiger partial charge in [-0.05, 0) is 18.2 Å². The van der Waals surface area contributed by atoms with Crippen molar-refractivity contribution in [3.8, 4) is 0 Å². The van der Waals surface area contributed by atoms with Crippen LogP contribution in [0.5, 0.6) is 0 Å². The molecule has 0 aliphatic carbocycles. The van der Waals surface area contributed by atoms with Crippen molar-refractivity contribution in [3.05, 3.63) is 56.5 Å². The molecule has 22 heavy (non-hydrogen) atoms. The molecule has 8 heteroatoms. The molecule has 3 aromatic rings. The average Bonchev–Trinajstić information content (AvgIpc) is 2.98. The third kappa shape index (κ3) is 2.37. The Balaban J connectivity index is 2.16. The van der Waals surface area contributed by atoms with Crippen LogP contribution in [0.15, 0.2) is 39.9 Å². The van der Waals surface area contributed by atoms with E-state index in [0.29, 0.717) is 10.9 Å². The van der Waals surface area contributed by atoms with E-state index in [1.165, 1.54) is 22.6 Å². The first-order valence-corrected chi connectivity index (χ1v) is 7.16. The van der Waals surface area contributed by atoms with Crippen LogP contribution >= 0.6 is 15.9 Å². The summed E-state index contributed by atoms with van der Waals surface area (Å²) in [4.78, 5) is 14.6. The van der Waals surface area contributed by atoms with Crippen molar-refractivity contribution >= 4 is 26.8 Å². The highest BCUT2D eigenvalue weighted by atomic mass is 79.9. The molecule has 0 saturated carbocycles. The van der Waals surface area contributed by atoms with Crippen molar-refractivity contribution in [3.63, 3.8) is 0 Å². The lowest BCUT2D eigenvalue weighted by molar-refractivity contribution is -0.138. The average molecular weight is 374 g/mol. The summed E-state index contributed by atoms with van der Waals surface area (Å²) >= 11 is 3.31. The van der Waals surface area contributed by atoms with Gasteiger partial charge in [0.2, 0.25) is 0 Å². The Bertz CT molecular complexity index is 904. The highest BCUT2D eigenvalue weighted by Crippen LogP contribution is 2.32. The third-order valence-corrected chi connectivity index (χ3v) is 4.07. The summed E-state index contributed by atoms with van der Waals surface area (Å²) in [5.41, 5.74) is -0.306. The molecule has 0 aliphatic rings. The fourth-order valence-corrected chi connectivity index (χ4v) is 2.84. The molecule has 0 fully saturated rings. The topological polar surface area (TPSA) is 42.7 Å². The zero-order chi connectivity index (χ0) is 16.1. The van der Waals surface area contributed by atoms with E-state index >= 15 is 0 Å². The van der Waals surface area contributed by atoms with E-state index < -0.39 is 11.7 Å². The molecule has 0 bridgehead atoms. The normalized spacial score (nSPS) is 12.2. The van der Waals surface area contributed by atoms with Crippen LogP contribution in [0.2, 0.25) is 0 Å². The van der Waals surface area contributed by atoms with Gasteiger partial charge in [0, 0.05) is 29.5 Å². The van der Waals surface area contributed by atoms with E-state index in [2.05, 4.69) is 20.9 Å². The largest absolute Gasteiger partial charge is 0.418 e. The van der Waals surface area contributed by atoms with Gasteiger partial charge in [0.1, 0.15) is 0 Å². The van der Waals surface area contributed by atoms with Crippen LogP contribution in [0.3, 0.4) is 0 Å². The molecular weight excluding hydrogens is 363 g/mol. The lowest BCUT2D eigenvalue weighted by atomic mass is 10.2. The number of nitrogens with one attached hydrogen (secondary N) is 1. The van der Waals surface area contributed by atoms with Crippen LogP contribution < -0.4 is 5.56 Å². The number of hydrogen-bond donors (Lipinski definition) is 1. The minimum atomic E-state index is -4.43. The van der Waals surface area contributed by atoms with Crippen LogP contribution in [-0.2, 0) is 19.8 Å². The van der Waals surface area contributed by atoms with E-state index in [1.807, 2.05) is 0 Å². The number of alkyl halides is 3. The van der Waals surface area contributed by atoms with E-state index in [4.69, 9.17) is 0 Å². The molecule has 2 heterocycles. The molecule has 0 aliphatic heterocycles. The van der Waals surface area contributed by atoms with Gasteiger partial charge in [0.05, 0.1) is 23.0 Å². The fraction of sp³-hybridized carbons (Fsp3) is 0.214. The molecule has 0 amide bonds. The Hall–Kier alpha value is -1.96. The number of aromatic nitrogens is 3. The summed E-state index contributed by atoms with van der Waals surface area (Å²) in [6, 6.07) is 5.10. The Morgan fingerprint density at radius 1 is 1.27 bits per heavy atom. The van der Waals surface area contributed by atoms with Crippen molar-refractivity contribution in [2.75, 3.05) is 0 Å². The van der Waals surface area contributed by atoms with Gasteiger partial charge in [-0.25, -0.2) is 0 Å². The molecule has 4 nitrogen and oxygen atoms in total. The van der Waals surface area contributed by atoms with Crippen LogP contribution in [0, 0.1) is 0 Å². The summed E-state index contributed by atoms with van der Waals surface area (Å²) in [5, 5.41) is 0.467. The fourth-order valence-electron chi connectivity index (χ4n) is 2.49. The number of aromatic amines is 1. The first-order chi connectivity index (χ1) is 10.3. The number of nitrogens with zero attached hydrogens (tertiary/aromatic N) is 2. The SMILES string of the molecule is Cn1c(=O)c2ccc(Br)cc2n1Cc1c[nH]cc1C(F)(F)F. The second-order valence-corrected chi connectivity index (χ2v) is 5.86. The number of rotatable bonds is 2. The standard InChI is InChI=1S/C14H11BrF3N3O/c1-20-13(22)10-3-2-9(15)4-12(10)21(20)7-8-5-19-6-11(8)14(16,17)18/h2-6,19H,7H2,1H3. The summed E-state index contributed by atoms with van der Waals surface area (Å²) in [6.45, 7) is -0.0516. The van der Waals surface area contributed by atoms with Gasteiger partial charge in [-0.3, -0.25) is 14.2 Å². The lowest BCUT2D eigenvalue weighted by Gasteiger charge is -2.11. The van der Waals surface area contributed by atoms with Gasteiger partial charge >= 0.3 is 6.18 Å². The molecule has 0 unspecified atom stereocenters. The Morgan fingerprint density at radius 2 is 2.00 bits per heavy atom. The van der Waals surface area contributed by atoms with Crippen LogP contribution in [0.25, 0.3) is 10.9 Å². The summed E-state index contributed by atoms with van der Waals surface area (Å²) in [7, 11) is 1.54. The van der Waals surface area contributed by atoms with Crippen molar-refractivity contribution in [1.82, 2.24) is 14.3 Å². The lowest BCUT2D eigenvalue weighted by Crippen LogP contribution is -2.20. The number of halogens is 4. The molecule has 116 valence electrons. The Labute approximate surface area is 131 Å². The molecule has 1 N–H and O–H groups in total. The van der Waals surface area contributed by atoms with E-state index in [0.717, 1.165) is 10.7 Å². The number of fused-ring (bicyclic) bond motifs is 1. The Kier molecular flexibility index (Phi) is 3.43. The summed E-state index contributed by atoms with van der Waals surface area (Å²) in [5.74, 6) is 0. The minimum absolute atomic E-state index is 0.0516. The maximum Gasteiger partial charge on any atom is 0.418 e. The molecule has 0 saturated heterocycles. The predicted octanol–water partition coefficient (Wildman–Crippen LogP) is 3.50. The maximum atomic E-state index is 13.0. The smallest absolute Gasteiger partial charge is 0.367 e. The predicted molar refractivity (Wildman–Crippen MR) is 79.8 cm³/mol. The van der Waals surface area contributed by atoms with Gasteiger partial charge in [-0.15, -0.1) is 0 Å². The van der Waals surface area contributed by atoms with Gasteiger partial charge in [-0.1, -0.05) is 15.9 Å². The van der Waals surface area contributed by atoms with Gasteiger partial charge in [0.25, 0.3) is 5.56 Å². The van der Waals surface area contributed by atoms with Crippen molar-refractivity contribution in [2.45, 2.75) is 12.7 Å². The molecule has 2 aromatic heterocycles. The number of H-pyrrole nitrogens is 1. The van der Waals surface area contributed by atoms with Crippen molar-refractivity contribution in [1.29, 1.82) is 0 Å². The van der Waals surface area contributed by atoms with Gasteiger partial charge in [0.15, 0.2) is 0 Å². The summed E-state index contributed by atoms with van der Waals surface area (Å²) < 4.78 is 42.5. The quantitative estimate of drug-likeness (QED) is 0.733. The van der Waals surface area contributed by atoms with Gasteiger partial charge < -0.3 is 4.98 Å². The minimum Gasteiger partial charge on any atom is -0.367 e. The number of hydrogen-bond acceptors (Lipinski definition) is 1. The molecular formula is C14H11BrF3N3O. The molecule has 0 spiro atoms. The van der Waals surface area contributed by atoms with E-state index in [9.17, 15) is 18.0 Å².